The van der Waals surface area contributed by atoms with Crippen LogP contribution in [0.2, 0.25) is 0 Å². The van der Waals surface area contributed by atoms with E-state index in [4.69, 9.17) is 19.4 Å². The van der Waals surface area contributed by atoms with Gasteiger partial charge in [0, 0.05) is 49.3 Å². The molecular formula is C49H30N4O. The Bertz CT molecular complexity index is 3140. The zero-order valence-electron chi connectivity index (χ0n) is 29.0. The molecule has 5 nitrogen and oxygen atoms in total. The van der Waals surface area contributed by atoms with Gasteiger partial charge in [-0.1, -0.05) is 146 Å². The average molecular weight is 691 g/mol. The van der Waals surface area contributed by atoms with Crippen LogP contribution in [-0.4, -0.2) is 19.5 Å². The molecule has 8 aromatic carbocycles. The first-order valence-corrected chi connectivity index (χ1v) is 18.1. The van der Waals surface area contributed by atoms with Crippen LogP contribution in [-0.2, 0) is 0 Å². The van der Waals surface area contributed by atoms with Gasteiger partial charge in [-0.25, -0.2) is 15.0 Å². The molecule has 0 aliphatic carbocycles. The fourth-order valence-corrected chi connectivity index (χ4v) is 7.92. The topological polar surface area (TPSA) is 56.7 Å². The molecule has 0 aliphatic heterocycles. The normalized spacial score (nSPS) is 11.7. The molecule has 0 N–H and O–H groups in total. The van der Waals surface area contributed by atoms with Gasteiger partial charge < -0.3 is 8.98 Å². The van der Waals surface area contributed by atoms with Crippen molar-refractivity contribution in [3.05, 3.63) is 182 Å². The third-order valence-corrected chi connectivity index (χ3v) is 10.5. The van der Waals surface area contributed by atoms with E-state index in [0.29, 0.717) is 17.5 Å². The molecule has 0 atom stereocenters. The van der Waals surface area contributed by atoms with Crippen LogP contribution in [0.25, 0.3) is 105 Å². The minimum Gasteiger partial charge on any atom is -0.456 e. The van der Waals surface area contributed by atoms with Gasteiger partial charge in [-0.05, 0) is 52.9 Å². The number of benzene rings is 8. The Balaban J connectivity index is 1.02. The fraction of sp³-hybridized carbons (Fsp3) is 0. The van der Waals surface area contributed by atoms with E-state index in [1.165, 1.54) is 32.6 Å². The van der Waals surface area contributed by atoms with Crippen molar-refractivity contribution >= 4 is 54.5 Å². The van der Waals surface area contributed by atoms with Crippen LogP contribution in [0.5, 0.6) is 0 Å². The summed E-state index contributed by atoms with van der Waals surface area (Å²) >= 11 is 0. The molecule has 0 radical (unpaired) electrons. The van der Waals surface area contributed by atoms with Gasteiger partial charge in [0.15, 0.2) is 17.5 Å². The highest BCUT2D eigenvalue weighted by Crippen LogP contribution is 2.40. The molecule has 0 saturated carbocycles. The van der Waals surface area contributed by atoms with Gasteiger partial charge in [-0.15, -0.1) is 0 Å². The van der Waals surface area contributed by atoms with E-state index in [0.717, 1.165) is 55.4 Å². The van der Waals surface area contributed by atoms with Gasteiger partial charge in [0.25, 0.3) is 0 Å². The molecule has 3 aromatic heterocycles. The van der Waals surface area contributed by atoms with E-state index < -0.39 is 0 Å². The Hall–Kier alpha value is -7.37. The number of fused-ring (bicyclic) bond motifs is 8. The van der Waals surface area contributed by atoms with Gasteiger partial charge in [0.1, 0.15) is 11.2 Å². The summed E-state index contributed by atoms with van der Waals surface area (Å²) in [5, 5.41) is 6.99. The standard InChI is InChI=1S/C49H30N4O/c1-3-13-33(14-4-1)47-50-48(34-15-5-2-6-16-34)52-49(51-47)41-19-11-21-43-45(41)40-29-25-35(30-44(40)54-43)31-22-26-36(27-23-31)53-42-20-10-9-18-38(42)39-28-24-32-12-7-8-17-37(32)46(39)53/h1-30H. The van der Waals surface area contributed by atoms with E-state index in [1.807, 2.05) is 72.8 Å². The Morgan fingerprint density at radius 3 is 1.78 bits per heavy atom. The molecule has 0 fully saturated rings. The summed E-state index contributed by atoms with van der Waals surface area (Å²) in [6, 6.07) is 63.3. The molecule has 11 aromatic rings. The lowest BCUT2D eigenvalue weighted by Gasteiger charge is -2.11. The zero-order valence-corrected chi connectivity index (χ0v) is 29.0. The first-order chi connectivity index (χ1) is 26.8. The van der Waals surface area contributed by atoms with Crippen LogP contribution in [0.4, 0.5) is 0 Å². The van der Waals surface area contributed by atoms with Crippen LogP contribution in [0.1, 0.15) is 0 Å². The smallest absolute Gasteiger partial charge is 0.164 e. The largest absolute Gasteiger partial charge is 0.456 e. The van der Waals surface area contributed by atoms with Crippen molar-refractivity contribution in [1.29, 1.82) is 0 Å². The highest BCUT2D eigenvalue weighted by Gasteiger charge is 2.19. The molecule has 0 aliphatic rings. The molecule has 0 bridgehead atoms. The minimum atomic E-state index is 0.605. The van der Waals surface area contributed by atoms with E-state index in [-0.39, 0.29) is 0 Å². The second kappa shape index (κ2) is 12.1. The summed E-state index contributed by atoms with van der Waals surface area (Å²) in [7, 11) is 0. The summed E-state index contributed by atoms with van der Waals surface area (Å²) < 4.78 is 8.95. The van der Waals surface area contributed by atoms with E-state index in [1.54, 1.807) is 0 Å². The van der Waals surface area contributed by atoms with Gasteiger partial charge in [-0.3, -0.25) is 0 Å². The van der Waals surface area contributed by atoms with Crippen LogP contribution >= 0.6 is 0 Å². The van der Waals surface area contributed by atoms with Crippen molar-refractivity contribution in [1.82, 2.24) is 19.5 Å². The number of nitrogens with zero attached hydrogens (tertiary/aromatic N) is 4. The zero-order chi connectivity index (χ0) is 35.6. The summed E-state index contributed by atoms with van der Waals surface area (Å²) in [6.07, 6.45) is 0. The van der Waals surface area contributed by atoms with Gasteiger partial charge in [-0.2, -0.15) is 0 Å². The van der Waals surface area contributed by atoms with E-state index in [2.05, 4.69) is 114 Å². The molecule has 0 amide bonds. The van der Waals surface area contributed by atoms with E-state index >= 15 is 0 Å². The number of rotatable bonds is 5. The SMILES string of the molecule is c1ccc(-c2nc(-c3ccccc3)nc(-c3cccc4oc5cc(-c6ccc(-n7c8ccccc8c8ccc9ccccc9c87)cc6)ccc5c34)n2)cc1. The monoisotopic (exact) mass is 690 g/mol. The van der Waals surface area contributed by atoms with Crippen molar-refractivity contribution < 1.29 is 4.42 Å². The minimum absolute atomic E-state index is 0.605. The molecule has 0 spiro atoms. The number of hydrogen-bond donors (Lipinski definition) is 0. The quantitative estimate of drug-likeness (QED) is 0.180. The van der Waals surface area contributed by atoms with Gasteiger partial charge in [0.2, 0.25) is 0 Å². The maximum Gasteiger partial charge on any atom is 0.164 e. The van der Waals surface area contributed by atoms with Crippen molar-refractivity contribution in [2.75, 3.05) is 0 Å². The Morgan fingerprint density at radius 2 is 1.02 bits per heavy atom. The number of para-hydroxylation sites is 1. The fourth-order valence-electron chi connectivity index (χ4n) is 7.92. The van der Waals surface area contributed by atoms with Crippen LogP contribution in [0.15, 0.2) is 186 Å². The van der Waals surface area contributed by atoms with Crippen LogP contribution < -0.4 is 0 Å². The van der Waals surface area contributed by atoms with Crippen molar-refractivity contribution in [3.63, 3.8) is 0 Å². The molecule has 54 heavy (non-hydrogen) atoms. The Labute approximate surface area is 310 Å². The lowest BCUT2D eigenvalue weighted by molar-refractivity contribution is 0.669. The number of hydrogen-bond acceptors (Lipinski definition) is 4. The Kier molecular flexibility index (Phi) is 6.79. The van der Waals surface area contributed by atoms with Crippen molar-refractivity contribution in [2.24, 2.45) is 0 Å². The second-order valence-electron chi connectivity index (χ2n) is 13.6. The van der Waals surface area contributed by atoms with Crippen LogP contribution in [0, 0.1) is 0 Å². The number of aromatic nitrogens is 4. The third-order valence-electron chi connectivity index (χ3n) is 10.5. The number of furan rings is 1. The van der Waals surface area contributed by atoms with Crippen LogP contribution in [0.3, 0.4) is 0 Å². The van der Waals surface area contributed by atoms with Gasteiger partial charge >= 0.3 is 0 Å². The Morgan fingerprint density at radius 1 is 0.389 bits per heavy atom. The molecule has 5 heteroatoms. The first kappa shape index (κ1) is 30.3. The highest BCUT2D eigenvalue weighted by atomic mass is 16.3. The summed E-state index contributed by atoms with van der Waals surface area (Å²) in [4.78, 5) is 14.9. The van der Waals surface area contributed by atoms with Crippen molar-refractivity contribution in [2.45, 2.75) is 0 Å². The molecule has 252 valence electrons. The predicted octanol–water partition coefficient (Wildman–Crippen LogP) is 12.7. The molecule has 3 heterocycles. The second-order valence-corrected chi connectivity index (χ2v) is 13.6. The maximum absolute atomic E-state index is 6.55. The predicted molar refractivity (Wildman–Crippen MR) is 221 cm³/mol. The molecule has 0 unspecified atom stereocenters. The summed E-state index contributed by atoms with van der Waals surface area (Å²) in [5.74, 6) is 1.86. The van der Waals surface area contributed by atoms with Gasteiger partial charge in [0.05, 0.1) is 11.0 Å². The van der Waals surface area contributed by atoms with E-state index in [9.17, 15) is 0 Å². The lowest BCUT2D eigenvalue weighted by atomic mass is 10.0. The maximum atomic E-state index is 6.55. The lowest BCUT2D eigenvalue weighted by Crippen LogP contribution is -2.00. The molecular weight excluding hydrogens is 661 g/mol. The third kappa shape index (κ3) is 4.83. The van der Waals surface area contributed by atoms with Crippen molar-refractivity contribution in [3.8, 4) is 51.0 Å². The average Bonchev–Trinajstić information content (AvgIpc) is 3.80. The molecule has 11 rings (SSSR count). The molecule has 0 saturated heterocycles. The summed E-state index contributed by atoms with van der Waals surface area (Å²) in [6.45, 7) is 0. The summed E-state index contributed by atoms with van der Waals surface area (Å²) in [5.41, 5.74) is 10.1. The first-order valence-electron chi connectivity index (χ1n) is 18.1. The highest BCUT2D eigenvalue weighted by molar-refractivity contribution is 6.18.